The molecule has 1 aliphatic rings. The minimum atomic E-state index is -0.393. The Morgan fingerprint density at radius 3 is 2.24 bits per heavy atom. The van der Waals surface area contributed by atoms with Crippen molar-refractivity contribution in [1.82, 2.24) is 4.90 Å². The summed E-state index contributed by atoms with van der Waals surface area (Å²) in [4.78, 5) is 26.8. The number of methoxy groups -OCH3 is 1. The molecule has 1 heterocycles. The summed E-state index contributed by atoms with van der Waals surface area (Å²) in [5.74, 6) is 0.751. The number of unbranched alkanes of at least 4 members (excludes halogenated alkanes) is 1. The number of likely N-dealkylation sites (tertiary alicyclic amines) is 1. The highest BCUT2D eigenvalue weighted by Crippen LogP contribution is 2.29. The van der Waals surface area contributed by atoms with Crippen LogP contribution in [0.2, 0.25) is 0 Å². The Kier molecular flexibility index (Phi) is 9.36. The molecule has 1 aliphatic heterocycles. The lowest BCUT2D eigenvalue weighted by atomic mass is 10.0. The van der Waals surface area contributed by atoms with E-state index < -0.39 is 5.92 Å². The normalized spacial score (nSPS) is 16.6. The summed E-state index contributed by atoms with van der Waals surface area (Å²) in [6.07, 6.45) is 2.24. The number of para-hydroxylation sites is 1. The molecule has 2 atom stereocenters. The molecule has 4 rings (SSSR count). The maximum Gasteiger partial charge on any atom is 0.306 e. The molecule has 0 aromatic heterocycles. The predicted octanol–water partition coefficient (Wildman–Crippen LogP) is 5.24. The zero-order valence-corrected chi connectivity index (χ0v) is 21.5. The molecule has 1 fully saturated rings. The van der Waals surface area contributed by atoms with Gasteiger partial charge in [-0.25, -0.2) is 0 Å². The van der Waals surface area contributed by atoms with Crippen LogP contribution in [0.25, 0.3) is 11.1 Å². The Hall–Kier alpha value is -4.31. The van der Waals surface area contributed by atoms with Gasteiger partial charge in [0.15, 0.2) is 0 Å². The summed E-state index contributed by atoms with van der Waals surface area (Å²) in [5, 5.41) is 8.99. The van der Waals surface area contributed by atoms with E-state index >= 15 is 0 Å². The van der Waals surface area contributed by atoms with Crippen LogP contribution in [0.5, 0.6) is 11.5 Å². The van der Waals surface area contributed by atoms with E-state index in [4.69, 9.17) is 19.5 Å². The van der Waals surface area contributed by atoms with E-state index in [1.54, 1.807) is 12.1 Å². The van der Waals surface area contributed by atoms with E-state index in [9.17, 15) is 9.59 Å². The first-order valence-corrected chi connectivity index (χ1v) is 12.9. The fourth-order valence-electron chi connectivity index (χ4n) is 4.64. The largest absolute Gasteiger partial charge is 0.494 e. The highest BCUT2D eigenvalue weighted by Gasteiger charge is 2.40. The minimum Gasteiger partial charge on any atom is -0.494 e. The van der Waals surface area contributed by atoms with Gasteiger partial charge in [0.25, 0.3) is 0 Å². The molecule has 0 unspecified atom stereocenters. The average molecular weight is 513 g/mol. The molecule has 0 saturated carbocycles. The number of ether oxygens (including phenoxy) is 3. The monoisotopic (exact) mass is 512 g/mol. The van der Waals surface area contributed by atoms with Crippen molar-refractivity contribution in [1.29, 1.82) is 5.26 Å². The van der Waals surface area contributed by atoms with E-state index in [-0.39, 0.29) is 24.3 Å². The summed E-state index contributed by atoms with van der Waals surface area (Å²) in [7, 11) is 1.34. The number of amides is 1. The third-order valence-corrected chi connectivity index (χ3v) is 6.72. The standard InChI is InChI=1S/C31H32N2O5/c1-36-30(34)20-26-19-27(33(31(26)35)17-5-6-18-37-28-7-3-2-4-8-28)22-38-29-15-13-25(14-16-29)24-11-9-23(21-32)10-12-24/h2-4,7-16,26-27H,5-6,17-20,22H2,1H3/t26-,27-/m0/s1. The summed E-state index contributed by atoms with van der Waals surface area (Å²) < 4.78 is 16.7. The summed E-state index contributed by atoms with van der Waals surface area (Å²) in [5.41, 5.74) is 2.67. The SMILES string of the molecule is COC(=O)C[C@@H]1C[C@@H](COc2ccc(-c3ccc(C#N)cc3)cc2)N(CCCCOc2ccccc2)C1=O. The van der Waals surface area contributed by atoms with E-state index in [0.29, 0.717) is 37.5 Å². The molecule has 7 nitrogen and oxygen atoms in total. The van der Waals surface area contributed by atoms with Gasteiger partial charge in [0.2, 0.25) is 5.91 Å². The highest BCUT2D eigenvalue weighted by molar-refractivity contribution is 5.85. The van der Waals surface area contributed by atoms with Gasteiger partial charge < -0.3 is 19.1 Å². The second-order valence-corrected chi connectivity index (χ2v) is 9.29. The Bertz CT molecular complexity index is 1240. The molecule has 1 amide bonds. The van der Waals surface area contributed by atoms with Crippen LogP contribution in [0.1, 0.15) is 31.2 Å². The predicted molar refractivity (Wildman–Crippen MR) is 143 cm³/mol. The van der Waals surface area contributed by atoms with Gasteiger partial charge in [0.1, 0.15) is 18.1 Å². The lowest BCUT2D eigenvalue weighted by Gasteiger charge is -2.25. The Morgan fingerprint density at radius 1 is 0.921 bits per heavy atom. The number of carbonyl (C=O) groups is 2. The van der Waals surface area contributed by atoms with Crippen LogP contribution < -0.4 is 9.47 Å². The molecule has 38 heavy (non-hydrogen) atoms. The maximum absolute atomic E-state index is 13.1. The van der Waals surface area contributed by atoms with Crippen molar-refractivity contribution in [2.75, 3.05) is 26.9 Å². The molecule has 0 bridgehead atoms. The molecular weight excluding hydrogens is 480 g/mol. The van der Waals surface area contributed by atoms with Gasteiger partial charge in [-0.1, -0.05) is 42.5 Å². The first-order chi connectivity index (χ1) is 18.6. The number of carbonyl (C=O) groups excluding carboxylic acids is 2. The fraction of sp³-hybridized carbons (Fsp3) is 0.323. The molecule has 0 aliphatic carbocycles. The molecule has 0 spiro atoms. The van der Waals surface area contributed by atoms with Crippen molar-refractivity contribution in [2.45, 2.75) is 31.7 Å². The molecule has 196 valence electrons. The zero-order chi connectivity index (χ0) is 26.7. The van der Waals surface area contributed by atoms with Crippen LogP contribution in [0.15, 0.2) is 78.9 Å². The molecular formula is C31H32N2O5. The first kappa shape index (κ1) is 26.7. The number of benzene rings is 3. The molecule has 0 N–H and O–H groups in total. The van der Waals surface area contributed by atoms with Gasteiger partial charge in [0, 0.05) is 6.54 Å². The van der Waals surface area contributed by atoms with Crippen molar-refractivity contribution < 1.29 is 23.8 Å². The van der Waals surface area contributed by atoms with Gasteiger partial charge in [-0.2, -0.15) is 5.26 Å². The molecule has 3 aromatic carbocycles. The zero-order valence-electron chi connectivity index (χ0n) is 21.5. The molecule has 3 aromatic rings. The van der Waals surface area contributed by atoms with Gasteiger partial charge in [-0.15, -0.1) is 0 Å². The lowest BCUT2D eigenvalue weighted by molar-refractivity contribution is -0.144. The quantitative estimate of drug-likeness (QED) is 0.243. The smallest absolute Gasteiger partial charge is 0.306 e. The summed E-state index contributed by atoms with van der Waals surface area (Å²) in [6.45, 7) is 1.50. The van der Waals surface area contributed by atoms with Crippen molar-refractivity contribution >= 4 is 11.9 Å². The summed E-state index contributed by atoms with van der Waals surface area (Å²) >= 11 is 0. The van der Waals surface area contributed by atoms with Crippen LogP contribution in [-0.2, 0) is 14.3 Å². The third kappa shape index (κ3) is 7.13. The Labute approximate surface area is 223 Å². The minimum absolute atomic E-state index is 0.0239. The fourth-order valence-corrected chi connectivity index (χ4v) is 4.64. The molecule has 0 radical (unpaired) electrons. The molecule has 7 heteroatoms. The van der Waals surface area contributed by atoms with Gasteiger partial charge in [0.05, 0.1) is 43.7 Å². The molecule has 1 saturated heterocycles. The van der Waals surface area contributed by atoms with Crippen molar-refractivity contribution in [2.24, 2.45) is 5.92 Å². The van der Waals surface area contributed by atoms with Crippen molar-refractivity contribution in [3.8, 4) is 28.7 Å². The number of rotatable bonds is 12. The van der Waals surface area contributed by atoms with E-state index in [2.05, 4.69) is 6.07 Å². The van der Waals surface area contributed by atoms with Crippen LogP contribution in [-0.4, -0.2) is 49.7 Å². The number of nitriles is 1. The second-order valence-electron chi connectivity index (χ2n) is 9.29. The number of esters is 1. The number of hydrogen-bond donors (Lipinski definition) is 0. The van der Waals surface area contributed by atoms with Crippen LogP contribution in [0.4, 0.5) is 0 Å². The number of hydrogen-bond acceptors (Lipinski definition) is 6. The van der Waals surface area contributed by atoms with Crippen molar-refractivity contribution in [3.63, 3.8) is 0 Å². The van der Waals surface area contributed by atoms with Gasteiger partial charge >= 0.3 is 5.97 Å². The number of nitrogens with zero attached hydrogens (tertiary/aromatic N) is 2. The van der Waals surface area contributed by atoms with Crippen LogP contribution in [0.3, 0.4) is 0 Å². The first-order valence-electron chi connectivity index (χ1n) is 12.9. The third-order valence-electron chi connectivity index (χ3n) is 6.72. The summed E-state index contributed by atoms with van der Waals surface area (Å²) in [6, 6.07) is 26.9. The van der Waals surface area contributed by atoms with E-state index in [1.165, 1.54) is 7.11 Å². The van der Waals surface area contributed by atoms with Crippen molar-refractivity contribution in [3.05, 3.63) is 84.4 Å². The van der Waals surface area contributed by atoms with E-state index in [1.807, 2.05) is 71.6 Å². The highest BCUT2D eigenvalue weighted by atomic mass is 16.5. The average Bonchev–Trinajstić information content (AvgIpc) is 3.26. The topological polar surface area (TPSA) is 88.9 Å². The lowest BCUT2D eigenvalue weighted by Crippen LogP contribution is -2.38. The maximum atomic E-state index is 13.1. The Balaban J connectivity index is 1.32. The van der Waals surface area contributed by atoms with Gasteiger partial charge in [-0.3, -0.25) is 9.59 Å². The van der Waals surface area contributed by atoms with E-state index in [0.717, 1.165) is 29.7 Å². The van der Waals surface area contributed by atoms with Crippen LogP contribution >= 0.6 is 0 Å². The second kappa shape index (κ2) is 13.3. The Morgan fingerprint density at radius 2 is 1.58 bits per heavy atom. The van der Waals surface area contributed by atoms with Gasteiger partial charge in [-0.05, 0) is 66.8 Å². The van der Waals surface area contributed by atoms with Crippen LogP contribution in [0, 0.1) is 17.2 Å².